The zero-order valence-corrected chi connectivity index (χ0v) is 21.6. The van der Waals surface area contributed by atoms with Gasteiger partial charge < -0.3 is 19.5 Å². The first-order valence-corrected chi connectivity index (χ1v) is 12.4. The summed E-state index contributed by atoms with van der Waals surface area (Å²) in [5.74, 6) is -0.341. The fourth-order valence-corrected chi connectivity index (χ4v) is 4.82. The summed E-state index contributed by atoms with van der Waals surface area (Å²) in [5.41, 5.74) is 2.93. The minimum Gasteiger partial charge on any atom is -0.497 e. The summed E-state index contributed by atoms with van der Waals surface area (Å²) < 4.78 is 25.3. The lowest BCUT2D eigenvalue weighted by molar-refractivity contribution is -0.144. The van der Waals surface area contributed by atoms with Crippen molar-refractivity contribution in [3.8, 4) is 11.5 Å². The van der Waals surface area contributed by atoms with Crippen LogP contribution in [0.2, 0.25) is 5.02 Å². The zero-order valence-electron chi connectivity index (χ0n) is 20.8. The van der Waals surface area contributed by atoms with E-state index in [0.717, 1.165) is 28.0 Å². The number of fused-ring (bicyclic) bond motifs is 1. The van der Waals surface area contributed by atoms with Crippen LogP contribution in [0.3, 0.4) is 0 Å². The van der Waals surface area contributed by atoms with Crippen LogP contribution in [0.5, 0.6) is 11.5 Å². The van der Waals surface area contributed by atoms with Crippen LogP contribution in [0.15, 0.2) is 60.7 Å². The highest BCUT2D eigenvalue weighted by molar-refractivity contribution is 6.30. The number of amides is 1. The third-order valence-electron chi connectivity index (χ3n) is 6.45. The maximum atomic E-state index is 13.9. The monoisotopic (exact) mass is 525 g/mol. The van der Waals surface area contributed by atoms with Crippen molar-refractivity contribution in [2.75, 3.05) is 20.2 Å². The van der Waals surface area contributed by atoms with Crippen LogP contribution in [-0.2, 0) is 35.3 Å². The average molecular weight is 526 g/mol. The van der Waals surface area contributed by atoms with Gasteiger partial charge in [-0.1, -0.05) is 41.9 Å². The molecule has 4 rings (SSSR count). The van der Waals surface area contributed by atoms with Crippen molar-refractivity contribution in [1.82, 2.24) is 4.90 Å². The molecule has 0 aliphatic carbocycles. The van der Waals surface area contributed by atoms with E-state index in [1.807, 2.05) is 49.4 Å². The molecule has 1 N–H and O–H groups in total. The van der Waals surface area contributed by atoms with Gasteiger partial charge in [0.1, 0.15) is 29.5 Å². The number of rotatable bonds is 10. The summed E-state index contributed by atoms with van der Waals surface area (Å²) in [5, 5.41) is 9.44. The predicted octanol–water partition coefficient (Wildman–Crippen LogP) is 5.12. The van der Waals surface area contributed by atoms with Crippen molar-refractivity contribution in [3.05, 3.63) is 93.8 Å². The molecule has 0 fully saturated rings. The molecule has 194 valence electrons. The van der Waals surface area contributed by atoms with Crippen molar-refractivity contribution in [2.24, 2.45) is 0 Å². The summed E-state index contributed by atoms with van der Waals surface area (Å²) >= 11 is 5.80. The highest BCUT2D eigenvalue weighted by atomic mass is 35.5. The number of methoxy groups -OCH3 is 1. The number of hydrogen-bond donors (Lipinski definition) is 1. The zero-order chi connectivity index (χ0) is 26.6. The first-order valence-electron chi connectivity index (χ1n) is 12.0. The number of carboxylic acids is 1. The molecule has 0 spiro atoms. The second-order valence-corrected chi connectivity index (χ2v) is 9.99. The van der Waals surface area contributed by atoms with E-state index >= 15 is 0 Å². The molecule has 1 unspecified atom stereocenters. The molecule has 3 aromatic carbocycles. The van der Waals surface area contributed by atoms with Gasteiger partial charge >= 0.3 is 5.97 Å². The largest absolute Gasteiger partial charge is 0.497 e. The van der Waals surface area contributed by atoms with Crippen molar-refractivity contribution >= 4 is 23.5 Å². The van der Waals surface area contributed by atoms with Gasteiger partial charge in [0.25, 0.3) is 0 Å². The maximum absolute atomic E-state index is 13.9. The normalized spacial score (nSPS) is 16.1. The fourth-order valence-electron chi connectivity index (χ4n) is 4.70. The number of ether oxygens (including phenoxy) is 2. The van der Waals surface area contributed by atoms with E-state index in [2.05, 4.69) is 0 Å². The summed E-state index contributed by atoms with van der Waals surface area (Å²) in [6.45, 7) is 1.88. The molecule has 0 bridgehead atoms. The van der Waals surface area contributed by atoms with Crippen LogP contribution >= 0.6 is 11.6 Å². The van der Waals surface area contributed by atoms with Crippen LogP contribution in [-0.4, -0.2) is 47.7 Å². The van der Waals surface area contributed by atoms with Crippen molar-refractivity contribution in [2.45, 2.75) is 38.2 Å². The van der Waals surface area contributed by atoms with Gasteiger partial charge in [0.15, 0.2) is 0 Å². The number of carbonyl (C=O) groups is 2. The van der Waals surface area contributed by atoms with E-state index in [-0.39, 0.29) is 30.4 Å². The topological polar surface area (TPSA) is 76.1 Å². The molecular weight excluding hydrogens is 497 g/mol. The Kier molecular flexibility index (Phi) is 8.03. The number of halogens is 2. The SMILES string of the molecule is COc1cccc(CCN(CC(=O)O)C(=O)Cc2ccc3c(c2)CC(C)(Cc2ccc(Cl)c(F)c2)O3)c1. The molecule has 0 saturated carbocycles. The third kappa shape index (κ3) is 6.80. The van der Waals surface area contributed by atoms with Gasteiger partial charge in [-0.25, -0.2) is 4.39 Å². The number of carboxylic acid groups (broad SMARTS) is 1. The van der Waals surface area contributed by atoms with Crippen molar-refractivity contribution in [3.63, 3.8) is 0 Å². The quantitative estimate of drug-likeness (QED) is 0.397. The molecule has 3 aromatic rings. The molecule has 0 saturated heterocycles. The molecule has 1 heterocycles. The first kappa shape index (κ1) is 26.5. The predicted molar refractivity (Wildman–Crippen MR) is 139 cm³/mol. The molecule has 1 aliphatic heterocycles. The Labute approximate surface area is 220 Å². The van der Waals surface area contributed by atoms with Crippen LogP contribution < -0.4 is 9.47 Å². The molecule has 0 aromatic heterocycles. The van der Waals surface area contributed by atoms with Gasteiger partial charge in [-0.2, -0.15) is 0 Å². The van der Waals surface area contributed by atoms with Gasteiger partial charge in [0.05, 0.1) is 18.6 Å². The number of nitrogens with zero attached hydrogens (tertiary/aromatic N) is 1. The molecule has 6 nitrogen and oxygen atoms in total. The van der Waals surface area contributed by atoms with Crippen LogP contribution in [0.25, 0.3) is 0 Å². The lowest BCUT2D eigenvalue weighted by Crippen LogP contribution is -2.38. The standard InChI is InChI=1S/C29H29ClFNO5/c1-29(16-21-6-8-24(30)25(31)14-21)17-22-12-20(7-9-26(22)37-29)15-27(33)32(18-28(34)35)11-10-19-4-3-5-23(13-19)36-2/h3-9,12-14H,10-11,15-18H2,1-2H3,(H,34,35). The van der Waals surface area contributed by atoms with Crippen LogP contribution in [0.1, 0.15) is 29.2 Å². The Hall–Kier alpha value is -3.58. The number of carbonyl (C=O) groups excluding carboxylic acids is 1. The second kappa shape index (κ2) is 11.2. The summed E-state index contributed by atoms with van der Waals surface area (Å²) in [6, 6.07) is 17.8. The van der Waals surface area contributed by atoms with Gasteiger partial charge in [-0.15, -0.1) is 0 Å². The van der Waals surface area contributed by atoms with Crippen LogP contribution in [0.4, 0.5) is 4.39 Å². The Morgan fingerprint density at radius 3 is 2.62 bits per heavy atom. The van der Waals surface area contributed by atoms with E-state index in [0.29, 0.717) is 25.0 Å². The maximum Gasteiger partial charge on any atom is 0.323 e. The fraction of sp³-hybridized carbons (Fsp3) is 0.310. The summed E-state index contributed by atoms with van der Waals surface area (Å²) in [4.78, 5) is 25.9. The van der Waals surface area contributed by atoms with E-state index in [1.165, 1.54) is 11.0 Å². The molecule has 1 atom stereocenters. The molecule has 37 heavy (non-hydrogen) atoms. The minimum atomic E-state index is -1.06. The van der Waals surface area contributed by atoms with Gasteiger partial charge in [0, 0.05) is 19.4 Å². The highest BCUT2D eigenvalue weighted by Gasteiger charge is 2.35. The van der Waals surface area contributed by atoms with E-state index in [4.69, 9.17) is 21.1 Å². The van der Waals surface area contributed by atoms with Gasteiger partial charge in [-0.3, -0.25) is 9.59 Å². The van der Waals surface area contributed by atoms with Crippen molar-refractivity contribution in [1.29, 1.82) is 0 Å². The molecule has 1 amide bonds. The smallest absolute Gasteiger partial charge is 0.323 e. The molecular formula is C29H29ClFNO5. The Bertz CT molecular complexity index is 1310. The summed E-state index contributed by atoms with van der Waals surface area (Å²) in [7, 11) is 1.58. The second-order valence-electron chi connectivity index (χ2n) is 9.58. The summed E-state index contributed by atoms with van der Waals surface area (Å²) in [6.07, 6.45) is 1.69. The lowest BCUT2D eigenvalue weighted by atomic mass is 9.91. The van der Waals surface area contributed by atoms with Gasteiger partial charge in [0.2, 0.25) is 5.91 Å². The number of aliphatic carboxylic acids is 1. The van der Waals surface area contributed by atoms with Gasteiger partial charge in [-0.05, 0) is 65.9 Å². The number of benzene rings is 3. The Morgan fingerprint density at radius 1 is 1.11 bits per heavy atom. The van der Waals surface area contributed by atoms with Crippen molar-refractivity contribution < 1.29 is 28.6 Å². The Balaban J connectivity index is 1.41. The average Bonchev–Trinajstić information content (AvgIpc) is 3.18. The third-order valence-corrected chi connectivity index (χ3v) is 6.75. The van der Waals surface area contributed by atoms with Crippen LogP contribution in [0, 0.1) is 5.82 Å². The number of hydrogen-bond acceptors (Lipinski definition) is 4. The minimum absolute atomic E-state index is 0.0811. The lowest BCUT2D eigenvalue weighted by Gasteiger charge is -2.24. The first-order chi connectivity index (χ1) is 17.6. The molecule has 1 aliphatic rings. The molecule has 0 radical (unpaired) electrons. The van der Waals surface area contributed by atoms with E-state index < -0.39 is 17.4 Å². The molecule has 8 heteroatoms. The Morgan fingerprint density at radius 2 is 1.89 bits per heavy atom. The van der Waals surface area contributed by atoms with E-state index in [9.17, 15) is 19.1 Å². The van der Waals surface area contributed by atoms with E-state index in [1.54, 1.807) is 19.2 Å². The highest BCUT2D eigenvalue weighted by Crippen LogP contribution is 2.38.